The Hall–Kier alpha value is -1.87. The molecule has 2 N–H and O–H groups in total. The van der Waals surface area contributed by atoms with E-state index in [0.717, 1.165) is 24.0 Å². The van der Waals surface area contributed by atoms with Gasteiger partial charge in [0.2, 0.25) is 0 Å². The van der Waals surface area contributed by atoms with Crippen molar-refractivity contribution in [3.8, 4) is 5.75 Å². The highest BCUT2D eigenvalue weighted by atomic mass is 19.1. The standard InChI is InChI=1S/C17H18FNO/c18-15-10-14(17(19)13-6-7-13)8-9-16(15)20-11-12-4-2-1-3-5-12/h1-5,8-10,13,17H,6-7,11,19H2. The van der Waals surface area contributed by atoms with Gasteiger partial charge in [0.1, 0.15) is 6.61 Å². The van der Waals surface area contributed by atoms with Gasteiger partial charge in [-0.2, -0.15) is 0 Å². The summed E-state index contributed by atoms with van der Waals surface area (Å²) in [6, 6.07) is 14.7. The smallest absolute Gasteiger partial charge is 0.165 e. The Labute approximate surface area is 118 Å². The molecule has 0 aromatic heterocycles. The first-order chi connectivity index (χ1) is 9.74. The Kier molecular flexibility index (Phi) is 3.70. The molecule has 2 aromatic carbocycles. The number of rotatable bonds is 5. The Bertz CT molecular complexity index is 581. The van der Waals surface area contributed by atoms with Gasteiger partial charge in [-0.3, -0.25) is 0 Å². The first-order valence-electron chi connectivity index (χ1n) is 6.96. The molecule has 0 spiro atoms. The largest absolute Gasteiger partial charge is 0.486 e. The molecule has 1 atom stereocenters. The molecule has 1 saturated carbocycles. The second-order valence-electron chi connectivity index (χ2n) is 5.33. The topological polar surface area (TPSA) is 35.2 Å². The zero-order chi connectivity index (χ0) is 13.9. The summed E-state index contributed by atoms with van der Waals surface area (Å²) in [5, 5.41) is 0. The lowest BCUT2D eigenvalue weighted by atomic mass is 10.0. The number of halogens is 1. The van der Waals surface area contributed by atoms with E-state index >= 15 is 0 Å². The van der Waals surface area contributed by atoms with Gasteiger partial charge in [0.05, 0.1) is 0 Å². The SMILES string of the molecule is NC(c1ccc(OCc2ccccc2)c(F)c1)C1CC1. The van der Waals surface area contributed by atoms with Crippen molar-refractivity contribution < 1.29 is 9.13 Å². The van der Waals surface area contributed by atoms with Gasteiger partial charge in [0, 0.05) is 6.04 Å². The van der Waals surface area contributed by atoms with Crippen molar-refractivity contribution in [3.05, 3.63) is 65.5 Å². The minimum Gasteiger partial charge on any atom is -0.486 e. The fourth-order valence-corrected chi connectivity index (χ4v) is 2.30. The quantitative estimate of drug-likeness (QED) is 0.897. The van der Waals surface area contributed by atoms with Crippen LogP contribution in [-0.2, 0) is 6.61 Å². The second kappa shape index (κ2) is 5.63. The highest BCUT2D eigenvalue weighted by Crippen LogP contribution is 2.40. The first kappa shape index (κ1) is 13.1. The molecule has 3 rings (SSSR count). The van der Waals surface area contributed by atoms with E-state index in [1.807, 2.05) is 36.4 Å². The van der Waals surface area contributed by atoms with Crippen LogP contribution >= 0.6 is 0 Å². The van der Waals surface area contributed by atoms with Crippen molar-refractivity contribution in [2.75, 3.05) is 0 Å². The predicted octanol–water partition coefficient (Wildman–Crippen LogP) is 3.81. The van der Waals surface area contributed by atoms with Crippen molar-refractivity contribution in [2.45, 2.75) is 25.5 Å². The molecule has 0 aliphatic heterocycles. The predicted molar refractivity (Wildman–Crippen MR) is 76.8 cm³/mol. The van der Waals surface area contributed by atoms with Crippen molar-refractivity contribution >= 4 is 0 Å². The van der Waals surface area contributed by atoms with E-state index in [2.05, 4.69) is 0 Å². The minimum absolute atomic E-state index is 0.0485. The molecule has 20 heavy (non-hydrogen) atoms. The van der Waals surface area contributed by atoms with E-state index in [9.17, 15) is 4.39 Å². The molecule has 0 bridgehead atoms. The van der Waals surface area contributed by atoms with Gasteiger partial charge in [-0.25, -0.2) is 4.39 Å². The second-order valence-corrected chi connectivity index (χ2v) is 5.33. The molecule has 1 unspecified atom stereocenters. The third kappa shape index (κ3) is 2.99. The molecule has 1 aliphatic carbocycles. The van der Waals surface area contributed by atoms with Crippen LogP contribution in [0.15, 0.2) is 48.5 Å². The van der Waals surface area contributed by atoms with E-state index in [-0.39, 0.29) is 17.6 Å². The van der Waals surface area contributed by atoms with Crippen molar-refractivity contribution in [1.29, 1.82) is 0 Å². The summed E-state index contributed by atoms with van der Waals surface area (Å²) < 4.78 is 19.5. The number of nitrogens with two attached hydrogens (primary N) is 1. The Morgan fingerprint density at radius 2 is 1.90 bits per heavy atom. The number of hydrogen-bond donors (Lipinski definition) is 1. The maximum absolute atomic E-state index is 14.0. The van der Waals surface area contributed by atoms with Gasteiger partial charge < -0.3 is 10.5 Å². The summed E-state index contributed by atoms with van der Waals surface area (Å²) in [4.78, 5) is 0. The van der Waals surface area contributed by atoms with Crippen LogP contribution in [0.3, 0.4) is 0 Å². The van der Waals surface area contributed by atoms with Crippen molar-refractivity contribution in [3.63, 3.8) is 0 Å². The van der Waals surface area contributed by atoms with Crippen LogP contribution in [0.5, 0.6) is 5.75 Å². The highest BCUT2D eigenvalue weighted by Gasteiger charge is 2.29. The fraction of sp³-hybridized carbons (Fsp3) is 0.294. The van der Waals surface area contributed by atoms with Crippen molar-refractivity contribution in [1.82, 2.24) is 0 Å². The van der Waals surface area contributed by atoms with Gasteiger partial charge in [-0.15, -0.1) is 0 Å². The summed E-state index contributed by atoms with van der Waals surface area (Å²) in [6.45, 7) is 0.367. The van der Waals surface area contributed by atoms with Crippen LogP contribution in [0, 0.1) is 11.7 Å². The molecule has 104 valence electrons. The van der Waals surface area contributed by atoms with Gasteiger partial charge in [0.25, 0.3) is 0 Å². The molecule has 1 fully saturated rings. The average Bonchev–Trinajstić information content (AvgIpc) is 3.31. The van der Waals surface area contributed by atoms with Crippen LogP contribution in [0.25, 0.3) is 0 Å². The molecule has 0 heterocycles. The lowest BCUT2D eigenvalue weighted by Gasteiger charge is -2.13. The molecule has 0 radical (unpaired) electrons. The maximum atomic E-state index is 14.0. The van der Waals surface area contributed by atoms with E-state index in [1.165, 1.54) is 6.07 Å². The van der Waals surface area contributed by atoms with Crippen LogP contribution in [0.4, 0.5) is 4.39 Å². The van der Waals surface area contributed by atoms with E-state index < -0.39 is 0 Å². The number of hydrogen-bond acceptors (Lipinski definition) is 2. The number of benzene rings is 2. The lowest BCUT2D eigenvalue weighted by molar-refractivity contribution is 0.290. The lowest BCUT2D eigenvalue weighted by Crippen LogP contribution is -2.12. The highest BCUT2D eigenvalue weighted by molar-refractivity contribution is 5.32. The van der Waals surface area contributed by atoms with Crippen LogP contribution < -0.4 is 10.5 Å². The molecular formula is C17H18FNO. The molecular weight excluding hydrogens is 253 g/mol. The van der Waals surface area contributed by atoms with E-state index in [4.69, 9.17) is 10.5 Å². The normalized spacial score (nSPS) is 15.9. The van der Waals surface area contributed by atoms with E-state index in [1.54, 1.807) is 6.07 Å². The molecule has 3 heteroatoms. The fourth-order valence-electron chi connectivity index (χ4n) is 2.30. The van der Waals surface area contributed by atoms with Gasteiger partial charge in [-0.1, -0.05) is 36.4 Å². The minimum atomic E-state index is -0.338. The van der Waals surface area contributed by atoms with Gasteiger partial charge in [-0.05, 0) is 42.0 Å². The maximum Gasteiger partial charge on any atom is 0.165 e. The Morgan fingerprint density at radius 1 is 1.15 bits per heavy atom. The van der Waals surface area contributed by atoms with Gasteiger partial charge in [0.15, 0.2) is 11.6 Å². The zero-order valence-electron chi connectivity index (χ0n) is 11.3. The summed E-state index contributed by atoms with van der Waals surface area (Å²) >= 11 is 0. The summed E-state index contributed by atoms with van der Waals surface area (Å²) in [5.41, 5.74) is 7.95. The summed E-state index contributed by atoms with van der Waals surface area (Å²) in [5.74, 6) is 0.459. The third-order valence-corrected chi connectivity index (χ3v) is 3.71. The Balaban J connectivity index is 1.68. The zero-order valence-corrected chi connectivity index (χ0v) is 11.3. The Morgan fingerprint density at radius 3 is 2.55 bits per heavy atom. The molecule has 2 nitrogen and oxygen atoms in total. The average molecular weight is 271 g/mol. The third-order valence-electron chi connectivity index (χ3n) is 3.71. The van der Waals surface area contributed by atoms with E-state index in [0.29, 0.717) is 12.5 Å². The number of ether oxygens (including phenoxy) is 1. The van der Waals surface area contributed by atoms with Crippen molar-refractivity contribution in [2.24, 2.45) is 11.7 Å². The van der Waals surface area contributed by atoms with Crippen LogP contribution in [-0.4, -0.2) is 0 Å². The monoisotopic (exact) mass is 271 g/mol. The molecule has 0 amide bonds. The first-order valence-corrected chi connectivity index (χ1v) is 6.96. The van der Waals surface area contributed by atoms with Crippen LogP contribution in [0.2, 0.25) is 0 Å². The van der Waals surface area contributed by atoms with Crippen LogP contribution in [0.1, 0.15) is 30.0 Å². The summed E-state index contributed by atoms with van der Waals surface area (Å²) in [7, 11) is 0. The molecule has 0 saturated heterocycles. The van der Waals surface area contributed by atoms with Gasteiger partial charge >= 0.3 is 0 Å². The molecule has 2 aromatic rings. The summed E-state index contributed by atoms with van der Waals surface area (Å²) in [6.07, 6.45) is 2.30. The molecule has 1 aliphatic rings.